The minimum atomic E-state index is 0.583. The lowest BCUT2D eigenvalue weighted by Gasteiger charge is -2.25. The van der Waals surface area contributed by atoms with Crippen molar-refractivity contribution in [2.45, 2.75) is 40.2 Å². The van der Waals surface area contributed by atoms with Crippen LogP contribution in [-0.4, -0.2) is 55.1 Å². The zero-order chi connectivity index (χ0) is 15.7. The zero-order valence-corrected chi connectivity index (χ0v) is 14.8. The first-order valence-corrected chi connectivity index (χ1v) is 8.54. The summed E-state index contributed by atoms with van der Waals surface area (Å²) in [4.78, 5) is 11.1. The highest BCUT2D eigenvalue weighted by Gasteiger charge is 2.06. The number of aliphatic imine (C=N–C) groups is 1. The number of aryl methyl sites for hydroxylation is 1. The van der Waals surface area contributed by atoms with Gasteiger partial charge < -0.3 is 10.6 Å². The fourth-order valence-corrected chi connectivity index (χ4v) is 2.80. The number of nitrogens with one attached hydrogen (secondary N) is 2. The van der Waals surface area contributed by atoms with Gasteiger partial charge in [0.05, 0.1) is 10.7 Å². The lowest BCUT2D eigenvalue weighted by atomic mass is 10.3. The van der Waals surface area contributed by atoms with Crippen molar-refractivity contribution in [3.8, 4) is 0 Å². The molecule has 0 saturated carbocycles. The number of nitrogens with zero attached hydrogens (tertiary/aromatic N) is 3. The topological polar surface area (TPSA) is 52.5 Å². The Bertz CT molecular complexity index is 427. The summed E-state index contributed by atoms with van der Waals surface area (Å²) in [6.45, 7) is 12.6. The molecule has 120 valence electrons. The van der Waals surface area contributed by atoms with Gasteiger partial charge in [-0.05, 0) is 27.3 Å². The predicted molar refractivity (Wildman–Crippen MR) is 92.3 cm³/mol. The average molecular weight is 311 g/mol. The Morgan fingerprint density at radius 2 is 2.10 bits per heavy atom. The predicted octanol–water partition coefficient (Wildman–Crippen LogP) is 1.89. The largest absolute Gasteiger partial charge is 0.356 e. The number of guanidine groups is 1. The van der Waals surface area contributed by atoms with Gasteiger partial charge in [-0.25, -0.2) is 4.98 Å². The normalized spacial score (nSPS) is 12.2. The molecule has 0 spiro atoms. The van der Waals surface area contributed by atoms with Crippen molar-refractivity contribution in [3.63, 3.8) is 0 Å². The third-order valence-electron chi connectivity index (χ3n) is 3.39. The van der Waals surface area contributed by atoms with E-state index in [4.69, 9.17) is 0 Å². The van der Waals surface area contributed by atoms with Crippen molar-refractivity contribution >= 4 is 17.3 Å². The summed E-state index contributed by atoms with van der Waals surface area (Å²) in [7, 11) is 1.81. The lowest BCUT2D eigenvalue weighted by Crippen LogP contribution is -2.43. The molecule has 2 N–H and O–H groups in total. The van der Waals surface area contributed by atoms with Crippen LogP contribution in [0.2, 0.25) is 0 Å². The first-order chi connectivity index (χ1) is 10.1. The van der Waals surface area contributed by atoms with E-state index in [1.165, 1.54) is 0 Å². The maximum atomic E-state index is 4.46. The van der Waals surface area contributed by atoms with E-state index in [2.05, 4.69) is 51.7 Å². The Morgan fingerprint density at radius 3 is 2.62 bits per heavy atom. The minimum Gasteiger partial charge on any atom is -0.356 e. The van der Waals surface area contributed by atoms with Crippen LogP contribution in [0.15, 0.2) is 10.4 Å². The van der Waals surface area contributed by atoms with Crippen molar-refractivity contribution in [1.82, 2.24) is 20.5 Å². The Kier molecular flexibility index (Phi) is 8.30. The van der Waals surface area contributed by atoms with Crippen LogP contribution in [0.3, 0.4) is 0 Å². The van der Waals surface area contributed by atoms with E-state index in [-0.39, 0.29) is 0 Å². The van der Waals surface area contributed by atoms with Crippen LogP contribution in [0.5, 0.6) is 0 Å². The summed E-state index contributed by atoms with van der Waals surface area (Å²) < 4.78 is 0. The third kappa shape index (κ3) is 6.91. The number of thiazole rings is 1. The summed E-state index contributed by atoms with van der Waals surface area (Å²) in [6, 6.07) is 0.583. The molecular formula is C15H29N5S. The van der Waals surface area contributed by atoms with Crippen molar-refractivity contribution in [1.29, 1.82) is 0 Å². The highest BCUT2D eigenvalue weighted by Crippen LogP contribution is 2.07. The highest BCUT2D eigenvalue weighted by molar-refractivity contribution is 7.09. The van der Waals surface area contributed by atoms with Gasteiger partial charge in [-0.2, -0.15) is 0 Å². The molecular weight excluding hydrogens is 282 g/mol. The summed E-state index contributed by atoms with van der Waals surface area (Å²) >= 11 is 1.70. The van der Waals surface area contributed by atoms with Crippen molar-refractivity contribution < 1.29 is 0 Å². The average Bonchev–Trinajstić information content (AvgIpc) is 2.86. The molecule has 0 aliphatic heterocycles. The van der Waals surface area contributed by atoms with E-state index in [1.807, 2.05) is 14.0 Å². The van der Waals surface area contributed by atoms with E-state index < -0.39 is 0 Å². The van der Waals surface area contributed by atoms with E-state index in [1.54, 1.807) is 11.3 Å². The van der Waals surface area contributed by atoms with Gasteiger partial charge in [0.25, 0.3) is 0 Å². The quantitative estimate of drug-likeness (QED) is 0.569. The van der Waals surface area contributed by atoms with Crippen molar-refractivity contribution in [2.24, 2.45) is 4.99 Å². The van der Waals surface area contributed by atoms with Gasteiger partial charge in [-0.15, -0.1) is 11.3 Å². The van der Waals surface area contributed by atoms with Gasteiger partial charge in [-0.3, -0.25) is 9.89 Å². The molecule has 0 radical (unpaired) electrons. The Hall–Kier alpha value is -1.14. The molecule has 21 heavy (non-hydrogen) atoms. The first kappa shape index (κ1) is 17.9. The van der Waals surface area contributed by atoms with Crippen LogP contribution >= 0.6 is 11.3 Å². The maximum Gasteiger partial charge on any atom is 0.191 e. The number of hydrogen-bond acceptors (Lipinski definition) is 4. The van der Waals surface area contributed by atoms with E-state index in [0.717, 1.165) is 49.3 Å². The summed E-state index contributed by atoms with van der Waals surface area (Å²) in [5.41, 5.74) is 1.15. The lowest BCUT2D eigenvalue weighted by molar-refractivity contribution is 0.237. The second-order valence-electron chi connectivity index (χ2n) is 5.26. The van der Waals surface area contributed by atoms with Gasteiger partial charge in [0, 0.05) is 44.5 Å². The SMILES string of the molecule is CCN(CCNC(=NC)NCCc1csc(C)n1)C(C)C. The molecule has 0 aliphatic carbocycles. The number of likely N-dealkylation sites (N-methyl/N-ethyl adjacent to an activating group) is 1. The van der Waals surface area contributed by atoms with E-state index in [0.29, 0.717) is 6.04 Å². The molecule has 1 aromatic rings. The van der Waals surface area contributed by atoms with Crippen LogP contribution < -0.4 is 10.6 Å². The number of rotatable bonds is 8. The fraction of sp³-hybridized carbons (Fsp3) is 0.733. The monoisotopic (exact) mass is 311 g/mol. The molecule has 6 heteroatoms. The van der Waals surface area contributed by atoms with Crippen LogP contribution in [0.25, 0.3) is 0 Å². The molecule has 0 bridgehead atoms. The van der Waals surface area contributed by atoms with Crippen LogP contribution in [0.1, 0.15) is 31.5 Å². The second-order valence-corrected chi connectivity index (χ2v) is 6.32. The summed E-state index contributed by atoms with van der Waals surface area (Å²) in [6.07, 6.45) is 0.929. The fourth-order valence-electron chi connectivity index (χ4n) is 2.15. The first-order valence-electron chi connectivity index (χ1n) is 7.66. The van der Waals surface area contributed by atoms with Crippen molar-refractivity contribution in [2.75, 3.05) is 33.2 Å². The number of aromatic nitrogens is 1. The van der Waals surface area contributed by atoms with Gasteiger partial charge in [0.15, 0.2) is 5.96 Å². The van der Waals surface area contributed by atoms with Crippen LogP contribution in [0, 0.1) is 6.92 Å². The van der Waals surface area contributed by atoms with E-state index in [9.17, 15) is 0 Å². The molecule has 0 aliphatic rings. The Morgan fingerprint density at radius 1 is 1.38 bits per heavy atom. The Balaban J connectivity index is 2.23. The van der Waals surface area contributed by atoms with E-state index >= 15 is 0 Å². The molecule has 0 aromatic carbocycles. The molecule has 1 heterocycles. The smallest absolute Gasteiger partial charge is 0.191 e. The molecule has 1 rings (SSSR count). The van der Waals surface area contributed by atoms with Crippen LogP contribution in [-0.2, 0) is 6.42 Å². The van der Waals surface area contributed by atoms with Gasteiger partial charge >= 0.3 is 0 Å². The molecule has 0 unspecified atom stereocenters. The van der Waals surface area contributed by atoms with Crippen LogP contribution in [0.4, 0.5) is 0 Å². The standard InChI is InChI=1S/C15H29N5S/c1-6-20(12(2)3)10-9-18-15(16-5)17-8-7-14-11-21-13(4)19-14/h11-12H,6-10H2,1-5H3,(H2,16,17,18). The van der Waals surface area contributed by atoms with Gasteiger partial charge in [0.1, 0.15) is 0 Å². The number of hydrogen-bond donors (Lipinski definition) is 2. The molecule has 0 fully saturated rings. The molecule has 0 atom stereocenters. The minimum absolute atomic E-state index is 0.583. The van der Waals surface area contributed by atoms with Gasteiger partial charge in [0.2, 0.25) is 0 Å². The summed E-state index contributed by atoms with van der Waals surface area (Å²) in [5, 5.41) is 9.94. The van der Waals surface area contributed by atoms with Gasteiger partial charge in [-0.1, -0.05) is 6.92 Å². The highest BCUT2D eigenvalue weighted by atomic mass is 32.1. The molecule has 0 amide bonds. The Labute approximate surface area is 132 Å². The zero-order valence-electron chi connectivity index (χ0n) is 13.9. The molecule has 5 nitrogen and oxygen atoms in total. The second kappa shape index (κ2) is 9.73. The van der Waals surface area contributed by atoms with Crippen molar-refractivity contribution in [3.05, 3.63) is 16.1 Å². The third-order valence-corrected chi connectivity index (χ3v) is 4.21. The maximum absolute atomic E-state index is 4.46. The molecule has 0 saturated heterocycles. The summed E-state index contributed by atoms with van der Waals surface area (Å²) in [5.74, 6) is 0.863. The molecule has 1 aromatic heterocycles.